The van der Waals surface area contributed by atoms with Crippen molar-refractivity contribution in [3.05, 3.63) is 0 Å². The second-order valence-electron chi connectivity index (χ2n) is 8.44. The number of nitrogens with zero attached hydrogens (tertiary/aromatic N) is 1. The van der Waals surface area contributed by atoms with Gasteiger partial charge in [-0.25, -0.2) is 4.79 Å². The van der Waals surface area contributed by atoms with Gasteiger partial charge < -0.3 is 15.0 Å². The molecule has 0 saturated carbocycles. The van der Waals surface area contributed by atoms with E-state index in [9.17, 15) is 4.79 Å². The number of hydrogen-bond donors (Lipinski definition) is 1. The normalized spacial score (nSPS) is 23.7. The predicted octanol–water partition coefficient (Wildman–Crippen LogP) is 4.58. The van der Waals surface area contributed by atoms with E-state index < -0.39 is 5.60 Å². The third-order valence-electron chi connectivity index (χ3n) is 4.65. The van der Waals surface area contributed by atoms with Crippen LogP contribution in [-0.2, 0) is 4.74 Å². The van der Waals surface area contributed by atoms with Gasteiger partial charge in [0.25, 0.3) is 0 Å². The highest BCUT2D eigenvalue weighted by atomic mass is 16.6. The molecule has 1 saturated heterocycles. The molecule has 0 radical (unpaired) electrons. The summed E-state index contributed by atoms with van der Waals surface area (Å²) in [5.74, 6) is 0. The quantitative estimate of drug-likeness (QED) is 0.744. The molecule has 1 amide bonds. The first kappa shape index (κ1) is 20.3. The van der Waals surface area contributed by atoms with Crippen molar-refractivity contribution in [3.8, 4) is 0 Å². The van der Waals surface area contributed by atoms with Crippen LogP contribution in [-0.4, -0.2) is 42.3 Å². The van der Waals surface area contributed by atoms with Gasteiger partial charge in [-0.15, -0.1) is 0 Å². The molecule has 0 aromatic carbocycles. The van der Waals surface area contributed by atoms with E-state index in [1.807, 2.05) is 25.7 Å². The minimum atomic E-state index is -0.420. The van der Waals surface area contributed by atoms with Gasteiger partial charge in [-0.05, 0) is 51.9 Å². The number of hydrogen-bond acceptors (Lipinski definition) is 3. The summed E-state index contributed by atoms with van der Waals surface area (Å²) >= 11 is 0. The predicted molar refractivity (Wildman–Crippen MR) is 96.8 cm³/mol. The standard InChI is InChI=1S/C19H38N2O2/c1-7-9-11-16(8-2)20-14-19(6)12-10-13-21(15-19)17(22)23-18(3,4)5/h16,20H,7-15H2,1-6H3. The molecule has 0 aliphatic carbocycles. The number of carbonyl (C=O) groups excluding carboxylic acids is 1. The Morgan fingerprint density at radius 2 is 2.04 bits per heavy atom. The SMILES string of the molecule is CCCCC(CC)NCC1(C)CCCN(C(=O)OC(C)(C)C)C1. The third-order valence-corrected chi connectivity index (χ3v) is 4.65. The molecular weight excluding hydrogens is 288 g/mol. The van der Waals surface area contributed by atoms with E-state index >= 15 is 0 Å². The lowest BCUT2D eigenvalue weighted by atomic mass is 9.81. The summed E-state index contributed by atoms with van der Waals surface area (Å²) in [4.78, 5) is 14.2. The molecule has 0 bridgehead atoms. The molecule has 0 aromatic rings. The first-order chi connectivity index (χ1) is 10.7. The van der Waals surface area contributed by atoms with Gasteiger partial charge in [0.1, 0.15) is 5.60 Å². The van der Waals surface area contributed by atoms with Gasteiger partial charge in [0, 0.05) is 25.7 Å². The minimum Gasteiger partial charge on any atom is -0.444 e. The van der Waals surface area contributed by atoms with Crippen LogP contribution in [0.25, 0.3) is 0 Å². The van der Waals surface area contributed by atoms with Gasteiger partial charge in [-0.3, -0.25) is 0 Å². The van der Waals surface area contributed by atoms with Crippen LogP contribution in [0.2, 0.25) is 0 Å². The van der Waals surface area contributed by atoms with Crippen LogP contribution >= 0.6 is 0 Å². The second kappa shape index (κ2) is 8.91. The Bertz CT molecular complexity index is 365. The average Bonchev–Trinajstić information content (AvgIpc) is 2.46. The van der Waals surface area contributed by atoms with Crippen molar-refractivity contribution in [2.45, 2.75) is 91.7 Å². The summed E-state index contributed by atoms with van der Waals surface area (Å²) in [5.41, 5.74) is -0.272. The van der Waals surface area contributed by atoms with Crippen LogP contribution in [0.3, 0.4) is 0 Å². The smallest absolute Gasteiger partial charge is 0.410 e. The summed E-state index contributed by atoms with van der Waals surface area (Å²) in [6, 6.07) is 0.601. The van der Waals surface area contributed by atoms with Crippen LogP contribution < -0.4 is 5.32 Å². The number of nitrogens with one attached hydrogen (secondary N) is 1. The highest BCUT2D eigenvalue weighted by Crippen LogP contribution is 2.30. The Kier molecular flexibility index (Phi) is 7.85. The third kappa shape index (κ3) is 7.56. The molecule has 1 heterocycles. The molecule has 23 heavy (non-hydrogen) atoms. The molecule has 4 heteroatoms. The summed E-state index contributed by atoms with van der Waals surface area (Å²) < 4.78 is 5.54. The Morgan fingerprint density at radius 3 is 2.61 bits per heavy atom. The summed E-state index contributed by atoms with van der Waals surface area (Å²) in [7, 11) is 0. The summed E-state index contributed by atoms with van der Waals surface area (Å²) in [5, 5.41) is 3.74. The maximum absolute atomic E-state index is 12.3. The van der Waals surface area contributed by atoms with E-state index in [0.717, 1.165) is 26.1 Å². The van der Waals surface area contributed by atoms with Crippen molar-refractivity contribution in [2.24, 2.45) is 5.41 Å². The number of likely N-dealkylation sites (tertiary alicyclic amines) is 1. The lowest BCUT2D eigenvalue weighted by molar-refractivity contribution is 0.00642. The number of piperidine rings is 1. The van der Waals surface area contributed by atoms with E-state index in [1.165, 1.54) is 32.1 Å². The number of carbonyl (C=O) groups is 1. The first-order valence-electron chi connectivity index (χ1n) is 9.40. The number of amides is 1. The lowest BCUT2D eigenvalue weighted by Crippen LogP contribution is -2.51. The molecule has 2 unspecified atom stereocenters. The zero-order valence-electron chi connectivity index (χ0n) is 16.2. The van der Waals surface area contributed by atoms with E-state index in [1.54, 1.807) is 0 Å². The zero-order chi connectivity index (χ0) is 17.5. The van der Waals surface area contributed by atoms with E-state index in [0.29, 0.717) is 6.04 Å². The highest BCUT2D eigenvalue weighted by molar-refractivity contribution is 5.68. The molecule has 136 valence electrons. The molecule has 4 nitrogen and oxygen atoms in total. The fraction of sp³-hybridized carbons (Fsp3) is 0.947. The van der Waals surface area contributed by atoms with E-state index in [4.69, 9.17) is 4.74 Å². The zero-order valence-corrected chi connectivity index (χ0v) is 16.2. The van der Waals surface area contributed by atoms with Gasteiger partial charge in [0.2, 0.25) is 0 Å². The van der Waals surface area contributed by atoms with Crippen molar-refractivity contribution in [1.82, 2.24) is 10.2 Å². The molecule has 1 fully saturated rings. The Labute approximate surface area is 143 Å². The Morgan fingerprint density at radius 1 is 1.35 bits per heavy atom. The fourth-order valence-corrected chi connectivity index (χ4v) is 3.23. The first-order valence-corrected chi connectivity index (χ1v) is 9.40. The largest absolute Gasteiger partial charge is 0.444 e. The monoisotopic (exact) mass is 326 g/mol. The van der Waals surface area contributed by atoms with Crippen molar-refractivity contribution < 1.29 is 9.53 Å². The van der Waals surface area contributed by atoms with Crippen LogP contribution in [0.5, 0.6) is 0 Å². The fourth-order valence-electron chi connectivity index (χ4n) is 3.23. The highest BCUT2D eigenvalue weighted by Gasteiger charge is 2.35. The molecule has 1 aliphatic heterocycles. The number of rotatable bonds is 7. The van der Waals surface area contributed by atoms with Crippen LogP contribution in [0.4, 0.5) is 4.79 Å². The number of unbranched alkanes of at least 4 members (excludes halogenated alkanes) is 1. The van der Waals surface area contributed by atoms with Crippen molar-refractivity contribution >= 4 is 6.09 Å². The summed E-state index contributed by atoms with van der Waals surface area (Å²) in [6.07, 6.45) is 7.02. The Balaban J connectivity index is 2.52. The van der Waals surface area contributed by atoms with Crippen molar-refractivity contribution in [1.29, 1.82) is 0 Å². The molecule has 0 aromatic heterocycles. The maximum atomic E-state index is 12.3. The van der Waals surface area contributed by atoms with Gasteiger partial charge in [0.05, 0.1) is 0 Å². The topological polar surface area (TPSA) is 41.6 Å². The molecular formula is C19H38N2O2. The molecule has 1 aliphatic rings. The van der Waals surface area contributed by atoms with Crippen LogP contribution in [0.15, 0.2) is 0 Å². The molecule has 2 atom stereocenters. The van der Waals surface area contributed by atoms with Gasteiger partial charge in [-0.2, -0.15) is 0 Å². The second-order valence-corrected chi connectivity index (χ2v) is 8.44. The summed E-state index contributed by atoms with van der Waals surface area (Å²) in [6.45, 7) is 15.2. The van der Waals surface area contributed by atoms with Gasteiger partial charge in [0.15, 0.2) is 0 Å². The van der Waals surface area contributed by atoms with Crippen molar-refractivity contribution in [2.75, 3.05) is 19.6 Å². The number of ether oxygens (including phenoxy) is 1. The van der Waals surface area contributed by atoms with Crippen molar-refractivity contribution in [3.63, 3.8) is 0 Å². The van der Waals surface area contributed by atoms with Gasteiger partial charge in [-0.1, -0.05) is 33.6 Å². The lowest BCUT2D eigenvalue weighted by Gasteiger charge is -2.41. The van der Waals surface area contributed by atoms with E-state index in [-0.39, 0.29) is 11.5 Å². The Hall–Kier alpha value is -0.770. The molecule has 1 rings (SSSR count). The minimum absolute atomic E-state index is 0.148. The van der Waals surface area contributed by atoms with Crippen LogP contribution in [0.1, 0.15) is 80.1 Å². The maximum Gasteiger partial charge on any atom is 0.410 e. The molecule has 1 N–H and O–H groups in total. The average molecular weight is 327 g/mol. The van der Waals surface area contributed by atoms with Gasteiger partial charge >= 0.3 is 6.09 Å². The molecule has 0 spiro atoms. The van der Waals surface area contributed by atoms with Crippen LogP contribution in [0, 0.1) is 5.41 Å². The van der Waals surface area contributed by atoms with E-state index in [2.05, 4.69) is 26.1 Å².